The van der Waals surface area contributed by atoms with Gasteiger partial charge in [-0.2, -0.15) is 0 Å². The van der Waals surface area contributed by atoms with Gasteiger partial charge in [-0.05, 0) is 42.3 Å². The van der Waals surface area contributed by atoms with Crippen LogP contribution in [0.25, 0.3) is 22.5 Å². The number of fused-ring (bicyclic) bond motifs is 1. The molecule has 8 nitrogen and oxygen atoms in total. The fourth-order valence-electron chi connectivity index (χ4n) is 3.53. The number of aromatic nitrogens is 3. The summed E-state index contributed by atoms with van der Waals surface area (Å²) in [5.41, 5.74) is 2.91. The Morgan fingerprint density at radius 3 is 2.38 bits per heavy atom. The van der Waals surface area contributed by atoms with Crippen LogP contribution in [0.2, 0.25) is 0 Å². The third kappa shape index (κ3) is 4.85. The number of hydrogen-bond acceptors (Lipinski definition) is 5. The van der Waals surface area contributed by atoms with Crippen molar-refractivity contribution < 1.29 is 14.0 Å². The molecule has 2 aromatic carbocycles. The van der Waals surface area contributed by atoms with Gasteiger partial charge >= 0.3 is 0 Å². The van der Waals surface area contributed by atoms with Crippen LogP contribution >= 0.6 is 0 Å². The summed E-state index contributed by atoms with van der Waals surface area (Å²) in [7, 11) is 0. The molecule has 0 unspecified atom stereocenters. The Hall–Kier alpha value is -3.94. The molecule has 8 heteroatoms. The number of nitrogens with zero attached hydrogens (tertiary/aromatic N) is 3. The van der Waals surface area contributed by atoms with Crippen molar-refractivity contribution in [3.63, 3.8) is 0 Å². The molecule has 164 valence electrons. The van der Waals surface area contributed by atoms with Gasteiger partial charge in [0.1, 0.15) is 12.2 Å². The van der Waals surface area contributed by atoms with Crippen molar-refractivity contribution in [3.05, 3.63) is 60.5 Å². The first-order valence-corrected chi connectivity index (χ1v) is 10.5. The topological polar surface area (TPSA) is 102 Å². The third-order valence-corrected chi connectivity index (χ3v) is 4.87. The standard InChI is InChI=1S/C24H25N5O3/c1-15(2)12-23-27-28-24(32-23)21-13-17-6-4-5-7-20(17)29(21)14-22(31)26-19-10-8-18(9-11-19)25-16(3)30/h4-11,13,15H,12,14H2,1-3H3,(H,25,30)(H,26,31). The molecule has 0 aliphatic heterocycles. The molecule has 0 saturated carbocycles. The molecule has 2 amide bonds. The van der Waals surface area contributed by atoms with E-state index in [1.807, 2.05) is 34.9 Å². The number of para-hydroxylation sites is 1. The average molecular weight is 431 g/mol. The number of hydrogen-bond donors (Lipinski definition) is 2. The molecule has 4 aromatic rings. The highest BCUT2D eigenvalue weighted by Crippen LogP contribution is 2.28. The number of carbonyl (C=O) groups is 2. The zero-order valence-corrected chi connectivity index (χ0v) is 18.3. The van der Waals surface area contributed by atoms with Gasteiger partial charge in [-0.15, -0.1) is 10.2 Å². The molecule has 0 aliphatic carbocycles. The molecule has 2 N–H and O–H groups in total. The number of anilines is 2. The summed E-state index contributed by atoms with van der Waals surface area (Å²) >= 11 is 0. The molecule has 32 heavy (non-hydrogen) atoms. The van der Waals surface area contributed by atoms with Crippen LogP contribution in [-0.2, 0) is 22.6 Å². The minimum atomic E-state index is -0.193. The van der Waals surface area contributed by atoms with E-state index in [-0.39, 0.29) is 18.4 Å². The molecular weight excluding hydrogens is 406 g/mol. The Morgan fingerprint density at radius 2 is 1.69 bits per heavy atom. The number of nitrogens with one attached hydrogen (secondary N) is 2. The van der Waals surface area contributed by atoms with Gasteiger partial charge in [0, 0.05) is 35.6 Å². The van der Waals surface area contributed by atoms with E-state index in [1.54, 1.807) is 24.3 Å². The van der Waals surface area contributed by atoms with Gasteiger partial charge in [0.25, 0.3) is 5.89 Å². The quantitative estimate of drug-likeness (QED) is 0.449. The molecular formula is C24H25N5O3. The highest BCUT2D eigenvalue weighted by molar-refractivity contribution is 5.94. The van der Waals surface area contributed by atoms with Crippen LogP contribution in [0.3, 0.4) is 0 Å². The van der Waals surface area contributed by atoms with Crippen molar-refractivity contribution in [1.82, 2.24) is 14.8 Å². The molecule has 0 atom stereocenters. The van der Waals surface area contributed by atoms with Crippen LogP contribution in [0.4, 0.5) is 11.4 Å². The van der Waals surface area contributed by atoms with Gasteiger partial charge in [-0.1, -0.05) is 32.0 Å². The second-order valence-corrected chi connectivity index (χ2v) is 8.08. The normalized spacial score (nSPS) is 11.1. The maximum Gasteiger partial charge on any atom is 0.264 e. The zero-order valence-electron chi connectivity index (χ0n) is 18.3. The number of amides is 2. The Labute approximate surface area is 185 Å². The number of carbonyl (C=O) groups excluding carboxylic acids is 2. The summed E-state index contributed by atoms with van der Waals surface area (Å²) in [5, 5.41) is 15.0. The van der Waals surface area contributed by atoms with Crippen molar-refractivity contribution in [2.45, 2.75) is 33.7 Å². The minimum Gasteiger partial charge on any atom is -0.419 e. The van der Waals surface area contributed by atoms with Crippen molar-refractivity contribution in [1.29, 1.82) is 0 Å². The first-order valence-electron chi connectivity index (χ1n) is 10.5. The van der Waals surface area contributed by atoms with Crippen LogP contribution < -0.4 is 10.6 Å². The van der Waals surface area contributed by atoms with Gasteiger partial charge in [-0.25, -0.2) is 0 Å². The van der Waals surface area contributed by atoms with E-state index in [4.69, 9.17) is 4.42 Å². The Balaban J connectivity index is 1.58. The van der Waals surface area contributed by atoms with E-state index in [0.717, 1.165) is 10.9 Å². The fraction of sp³-hybridized carbons (Fsp3) is 0.250. The van der Waals surface area contributed by atoms with E-state index in [9.17, 15) is 9.59 Å². The smallest absolute Gasteiger partial charge is 0.264 e. The van der Waals surface area contributed by atoms with E-state index >= 15 is 0 Å². The lowest BCUT2D eigenvalue weighted by molar-refractivity contribution is -0.116. The van der Waals surface area contributed by atoms with Gasteiger partial charge in [-0.3, -0.25) is 9.59 Å². The van der Waals surface area contributed by atoms with Crippen LogP contribution in [-0.4, -0.2) is 26.6 Å². The molecule has 4 rings (SSSR count). The molecule has 2 heterocycles. The lowest BCUT2D eigenvalue weighted by atomic mass is 10.1. The summed E-state index contributed by atoms with van der Waals surface area (Å²) in [6.45, 7) is 5.71. The summed E-state index contributed by atoms with van der Waals surface area (Å²) in [6.07, 6.45) is 0.697. The number of benzene rings is 2. The van der Waals surface area contributed by atoms with Crippen LogP contribution in [0.1, 0.15) is 26.7 Å². The Bertz CT molecular complexity index is 1250. The Morgan fingerprint density at radius 1 is 1.00 bits per heavy atom. The van der Waals surface area contributed by atoms with E-state index < -0.39 is 0 Å². The third-order valence-electron chi connectivity index (χ3n) is 4.87. The molecule has 0 aliphatic rings. The van der Waals surface area contributed by atoms with Gasteiger partial charge in [0.05, 0.1) is 0 Å². The number of rotatable bonds is 7. The SMILES string of the molecule is CC(=O)Nc1ccc(NC(=O)Cn2c(-c3nnc(CC(C)C)o3)cc3ccccc32)cc1. The molecule has 0 saturated heterocycles. The zero-order chi connectivity index (χ0) is 22.7. The van der Waals surface area contributed by atoms with Crippen molar-refractivity contribution in [2.24, 2.45) is 5.92 Å². The first-order chi connectivity index (χ1) is 15.4. The largest absolute Gasteiger partial charge is 0.419 e. The van der Waals surface area contributed by atoms with Gasteiger partial charge in [0.2, 0.25) is 17.7 Å². The molecule has 0 spiro atoms. The van der Waals surface area contributed by atoms with Gasteiger partial charge < -0.3 is 19.6 Å². The summed E-state index contributed by atoms with van der Waals surface area (Å²) in [4.78, 5) is 24.0. The molecule has 0 fully saturated rings. The van der Waals surface area contributed by atoms with Crippen LogP contribution in [0, 0.1) is 5.92 Å². The van der Waals surface area contributed by atoms with Crippen molar-refractivity contribution in [2.75, 3.05) is 10.6 Å². The molecule has 0 bridgehead atoms. The second-order valence-electron chi connectivity index (χ2n) is 8.08. The predicted molar refractivity (Wildman–Crippen MR) is 123 cm³/mol. The maximum atomic E-state index is 12.9. The first kappa shape index (κ1) is 21.3. The molecule has 2 aromatic heterocycles. The van der Waals surface area contributed by atoms with Crippen molar-refractivity contribution in [3.8, 4) is 11.6 Å². The van der Waals surface area contributed by atoms with Gasteiger partial charge in [0.15, 0.2) is 0 Å². The lowest BCUT2D eigenvalue weighted by Gasteiger charge is -2.10. The van der Waals surface area contributed by atoms with E-state index in [0.29, 0.717) is 41.2 Å². The summed E-state index contributed by atoms with van der Waals surface area (Å²) < 4.78 is 7.76. The average Bonchev–Trinajstić information content (AvgIpc) is 3.33. The van der Waals surface area contributed by atoms with Crippen molar-refractivity contribution >= 4 is 34.1 Å². The van der Waals surface area contributed by atoms with Crippen LogP contribution in [0.15, 0.2) is 59.0 Å². The maximum absolute atomic E-state index is 12.9. The second kappa shape index (κ2) is 9.05. The summed E-state index contributed by atoms with van der Waals surface area (Å²) in [6, 6.07) is 16.7. The highest BCUT2D eigenvalue weighted by Gasteiger charge is 2.18. The highest BCUT2D eigenvalue weighted by atomic mass is 16.4. The van der Waals surface area contributed by atoms with Crippen LogP contribution in [0.5, 0.6) is 0 Å². The Kier molecular flexibility index (Phi) is 6.02. The lowest BCUT2D eigenvalue weighted by Crippen LogP contribution is -2.19. The monoisotopic (exact) mass is 431 g/mol. The minimum absolute atomic E-state index is 0.0815. The summed E-state index contributed by atoms with van der Waals surface area (Å²) in [5.74, 6) is 1.03. The molecule has 0 radical (unpaired) electrons. The predicted octanol–water partition coefficient (Wildman–Crippen LogP) is 4.49. The van der Waals surface area contributed by atoms with E-state index in [2.05, 4.69) is 34.7 Å². The fourth-order valence-corrected chi connectivity index (χ4v) is 3.53. The van der Waals surface area contributed by atoms with E-state index in [1.165, 1.54) is 6.92 Å².